The summed E-state index contributed by atoms with van der Waals surface area (Å²) in [5.41, 5.74) is 0.444. The first-order valence-electron chi connectivity index (χ1n) is 14.7. The molecule has 4 nitrogen and oxygen atoms in total. The fourth-order valence-corrected chi connectivity index (χ4v) is 10.9. The van der Waals surface area contributed by atoms with E-state index in [1.165, 1.54) is 32.6 Å². The van der Waals surface area contributed by atoms with Crippen LogP contribution < -0.4 is 0 Å². The molecule has 0 spiro atoms. The van der Waals surface area contributed by atoms with Gasteiger partial charge in [-0.2, -0.15) is 0 Å². The lowest BCUT2D eigenvalue weighted by atomic mass is 9.32. The molecular formula is C31H54O4. The summed E-state index contributed by atoms with van der Waals surface area (Å²) in [7, 11) is 0. The summed E-state index contributed by atoms with van der Waals surface area (Å²) in [4.78, 5) is 21.2. The van der Waals surface area contributed by atoms with Gasteiger partial charge in [0.05, 0.1) is 11.5 Å². The lowest BCUT2D eigenvalue weighted by Gasteiger charge is -2.72. The minimum atomic E-state index is -0.502. The molecule has 0 aromatic heterocycles. The third kappa shape index (κ3) is 3.86. The molecule has 5 rings (SSSR count). The minimum Gasteiger partial charge on any atom is -0.481 e. The molecule has 5 fully saturated rings. The maximum atomic E-state index is 12.4. The summed E-state index contributed by atoms with van der Waals surface area (Å²) in [6, 6.07) is 0. The second kappa shape index (κ2) is 9.76. The van der Waals surface area contributed by atoms with Gasteiger partial charge < -0.3 is 15.0 Å². The van der Waals surface area contributed by atoms with E-state index in [0.29, 0.717) is 34.5 Å². The molecular weight excluding hydrogens is 436 g/mol. The van der Waals surface area contributed by atoms with Crippen molar-refractivity contribution in [2.75, 3.05) is 0 Å². The van der Waals surface area contributed by atoms with Gasteiger partial charge in [0.2, 0.25) is 0 Å². The first-order chi connectivity index (χ1) is 16.3. The molecule has 2 unspecified atom stereocenters. The number of aliphatic hydroxyl groups excluding tert-OH is 1. The largest absolute Gasteiger partial charge is 0.481 e. The molecule has 0 amide bonds. The third-order valence-corrected chi connectivity index (χ3v) is 12.8. The number of hydrogen-bond acceptors (Lipinski definition) is 3. The lowest BCUT2D eigenvalue weighted by Crippen LogP contribution is -2.66. The van der Waals surface area contributed by atoms with E-state index in [9.17, 15) is 15.0 Å². The molecule has 2 N–H and O–H groups in total. The summed E-state index contributed by atoms with van der Waals surface area (Å²) < 4.78 is 0. The lowest BCUT2D eigenvalue weighted by molar-refractivity contribution is -0.246. The standard InChI is InChI=1S/C27H44O3.C2H4O.C2H6/c1-23(2)19-10-14-26(5)20(24(19,3)13-11-21(23)28)9-8-17-18-7-6-12-27(18,22(29)30)16-15-25(17,26)4;1-2-3;1-2/h17-21,28H,6-16H2,1-5H3,(H,29,30);2H,1H3;1-2H3/t17-,18-,19?,20?,21+,24+,25-,26-,27+;;/m1../s1. The van der Waals surface area contributed by atoms with Crippen LogP contribution in [0.3, 0.4) is 0 Å². The van der Waals surface area contributed by atoms with Gasteiger partial charge in [-0.3, -0.25) is 4.79 Å². The second-order valence-electron chi connectivity index (χ2n) is 13.7. The van der Waals surface area contributed by atoms with E-state index in [4.69, 9.17) is 4.79 Å². The highest BCUT2D eigenvalue weighted by Crippen LogP contribution is 2.76. The molecule has 0 bridgehead atoms. The van der Waals surface area contributed by atoms with Crippen LogP contribution in [0.2, 0.25) is 0 Å². The van der Waals surface area contributed by atoms with Crippen LogP contribution in [0.25, 0.3) is 0 Å². The van der Waals surface area contributed by atoms with Crippen LogP contribution in [0.15, 0.2) is 0 Å². The van der Waals surface area contributed by atoms with E-state index in [2.05, 4.69) is 34.6 Å². The van der Waals surface area contributed by atoms with Crippen LogP contribution in [-0.2, 0) is 9.59 Å². The highest BCUT2D eigenvalue weighted by Gasteiger charge is 2.70. The molecule has 5 aliphatic rings. The van der Waals surface area contributed by atoms with Crippen LogP contribution in [0.5, 0.6) is 0 Å². The molecule has 5 saturated carbocycles. The zero-order valence-corrected chi connectivity index (χ0v) is 24.0. The van der Waals surface area contributed by atoms with Crippen molar-refractivity contribution in [1.82, 2.24) is 0 Å². The Labute approximate surface area is 215 Å². The van der Waals surface area contributed by atoms with Crippen molar-refractivity contribution in [1.29, 1.82) is 0 Å². The topological polar surface area (TPSA) is 74.6 Å². The summed E-state index contributed by atoms with van der Waals surface area (Å²) in [6.45, 7) is 17.8. The van der Waals surface area contributed by atoms with Gasteiger partial charge in [-0.05, 0) is 116 Å². The smallest absolute Gasteiger partial charge is 0.309 e. The average Bonchev–Trinajstić information content (AvgIpc) is 3.25. The number of carbonyl (C=O) groups excluding carboxylic acids is 1. The van der Waals surface area contributed by atoms with Crippen LogP contribution in [-0.4, -0.2) is 28.6 Å². The summed E-state index contributed by atoms with van der Waals surface area (Å²) in [5.74, 6) is 1.77. The van der Waals surface area contributed by atoms with E-state index in [0.717, 1.165) is 51.2 Å². The van der Waals surface area contributed by atoms with E-state index in [1.54, 1.807) is 0 Å². The zero-order valence-electron chi connectivity index (χ0n) is 24.0. The van der Waals surface area contributed by atoms with Crippen molar-refractivity contribution < 1.29 is 19.8 Å². The minimum absolute atomic E-state index is 0.00254. The molecule has 35 heavy (non-hydrogen) atoms. The molecule has 4 heteroatoms. The van der Waals surface area contributed by atoms with Gasteiger partial charge in [-0.1, -0.05) is 54.9 Å². The van der Waals surface area contributed by atoms with Crippen molar-refractivity contribution in [3.8, 4) is 0 Å². The molecule has 0 aliphatic heterocycles. The molecule has 0 aromatic carbocycles. The van der Waals surface area contributed by atoms with E-state index >= 15 is 0 Å². The van der Waals surface area contributed by atoms with E-state index in [1.807, 2.05) is 13.8 Å². The van der Waals surface area contributed by atoms with Gasteiger partial charge in [0.1, 0.15) is 6.29 Å². The maximum absolute atomic E-state index is 12.4. The Morgan fingerprint density at radius 2 is 1.40 bits per heavy atom. The maximum Gasteiger partial charge on any atom is 0.309 e. The Kier molecular flexibility index (Phi) is 8.00. The molecule has 0 saturated heterocycles. The van der Waals surface area contributed by atoms with Crippen LogP contribution in [0, 0.1) is 50.7 Å². The Morgan fingerprint density at radius 1 is 0.771 bits per heavy atom. The number of aliphatic hydroxyl groups is 1. The molecule has 0 heterocycles. The fraction of sp³-hybridized carbons (Fsp3) is 0.935. The quantitative estimate of drug-likeness (QED) is 0.373. The summed E-state index contributed by atoms with van der Waals surface area (Å²) in [6.07, 6.45) is 12.8. The number of carboxylic acid groups (broad SMARTS) is 1. The fourth-order valence-electron chi connectivity index (χ4n) is 10.9. The molecule has 0 aromatic rings. The number of fused-ring (bicyclic) bond motifs is 7. The summed E-state index contributed by atoms with van der Waals surface area (Å²) in [5, 5.41) is 21.0. The summed E-state index contributed by atoms with van der Waals surface area (Å²) >= 11 is 0. The second-order valence-corrected chi connectivity index (χ2v) is 13.7. The van der Waals surface area contributed by atoms with Crippen LogP contribution >= 0.6 is 0 Å². The number of rotatable bonds is 1. The first-order valence-corrected chi connectivity index (χ1v) is 14.7. The number of aliphatic carboxylic acids is 1. The Bertz CT molecular complexity index is 791. The Morgan fingerprint density at radius 3 is 2.00 bits per heavy atom. The zero-order chi connectivity index (χ0) is 26.4. The molecule has 5 aliphatic carbocycles. The molecule has 0 radical (unpaired) electrons. The van der Waals surface area contributed by atoms with Crippen LogP contribution in [0.1, 0.15) is 126 Å². The number of aldehydes is 1. The molecule has 9 atom stereocenters. The van der Waals surface area contributed by atoms with Gasteiger partial charge >= 0.3 is 5.97 Å². The Balaban J connectivity index is 0.000000638. The van der Waals surface area contributed by atoms with Gasteiger partial charge in [0, 0.05) is 0 Å². The average molecular weight is 491 g/mol. The number of hydrogen-bond donors (Lipinski definition) is 2. The number of carbonyl (C=O) groups is 2. The van der Waals surface area contributed by atoms with Crippen molar-refractivity contribution in [2.24, 2.45) is 50.7 Å². The van der Waals surface area contributed by atoms with Crippen LogP contribution in [0.4, 0.5) is 0 Å². The highest BCUT2D eigenvalue weighted by molar-refractivity contribution is 5.76. The van der Waals surface area contributed by atoms with Crippen molar-refractivity contribution >= 4 is 12.3 Å². The SMILES string of the molecule is CC.CC1(C)C2CC[C@]3(C)C(CC[C@@H]4[C@H]5CCC[C@]5(C(=O)O)CC[C@]43C)[C@@]2(C)CC[C@@H]1O.CC=O. The predicted octanol–water partition coefficient (Wildman–Crippen LogP) is 7.52. The monoisotopic (exact) mass is 490 g/mol. The van der Waals surface area contributed by atoms with E-state index < -0.39 is 11.4 Å². The molecule has 202 valence electrons. The van der Waals surface area contributed by atoms with Crippen molar-refractivity contribution in [3.63, 3.8) is 0 Å². The van der Waals surface area contributed by atoms with Gasteiger partial charge in [-0.25, -0.2) is 0 Å². The van der Waals surface area contributed by atoms with Gasteiger partial charge in [0.15, 0.2) is 0 Å². The van der Waals surface area contributed by atoms with Gasteiger partial charge in [0.25, 0.3) is 0 Å². The van der Waals surface area contributed by atoms with E-state index in [-0.39, 0.29) is 16.9 Å². The van der Waals surface area contributed by atoms with Crippen molar-refractivity contribution in [2.45, 2.75) is 132 Å². The first kappa shape index (κ1) is 28.7. The number of carboxylic acids is 1. The predicted molar refractivity (Wildman–Crippen MR) is 142 cm³/mol. The van der Waals surface area contributed by atoms with Gasteiger partial charge in [-0.15, -0.1) is 0 Å². The normalized spacial score (nSPS) is 49.3. The third-order valence-electron chi connectivity index (χ3n) is 12.8. The Hall–Kier alpha value is -0.900. The highest BCUT2D eigenvalue weighted by atomic mass is 16.4. The van der Waals surface area contributed by atoms with Crippen molar-refractivity contribution in [3.05, 3.63) is 0 Å².